The van der Waals surface area contributed by atoms with Crippen LogP contribution < -0.4 is 10.9 Å². The fourth-order valence-corrected chi connectivity index (χ4v) is 2.92. The highest BCUT2D eigenvalue weighted by Gasteiger charge is 2.17. The Labute approximate surface area is 131 Å². The van der Waals surface area contributed by atoms with Gasteiger partial charge in [-0.15, -0.1) is 0 Å². The molecule has 2 rings (SSSR count). The molecule has 1 N–H and O–H groups in total. The highest BCUT2D eigenvalue weighted by atomic mass is 35.5. The van der Waals surface area contributed by atoms with Gasteiger partial charge in [0.2, 0.25) is 0 Å². The van der Waals surface area contributed by atoms with E-state index in [9.17, 15) is 4.79 Å². The van der Waals surface area contributed by atoms with Crippen LogP contribution in [0, 0.1) is 0 Å². The fourth-order valence-electron chi connectivity index (χ4n) is 2.71. The third kappa shape index (κ3) is 4.20. The number of hydrogen-bond acceptors (Lipinski definition) is 4. The summed E-state index contributed by atoms with van der Waals surface area (Å²) in [6.45, 7) is 7.91. The van der Waals surface area contributed by atoms with E-state index in [4.69, 9.17) is 11.6 Å². The molecule has 2 heterocycles. The van der Waals surface area contributed by atoms with Crippen LogP contribution in [0.1, 0.15) is 39.5 Å². The van der Waals surface area contributed by atoms with Crippen LogP contribution in [0.5, 0.6) is 0 Å². The zero-order valence-electron chi connectivity index (χ0n) is 12.9. The smallest absolute Gasteiger partial charge is 0.287 e. The number of piperidine rings is 1. The van der Waals surface area contributed by atoms with Gasteiger partial charge >= 0.3 is 0 Å². The molecular formula is C15H25ClN4O. The topological polar surface area (TPSA) is 50.2 Å². The molecule has 21 heavy (non-hydrogen) atoms. The molecule has 1 aliphatic heterocycles. The number of rotatable bonds is 6. The number of likely N-dealkylation sites (tertiary alicyclic amines) is 1. The van der Waals surface area contributed by atoms with E-state index in [0.717, 1.165) is 26.1 Å². The number of nitrogens with one attached hydrogen (secondary N) is 1. The molecule has 1 atom stereocenters. The van der Waals surface area contributed by atoms with Crippen LogP contribution in [0.4, 0.5) is 5.69 Å². The molecule has 0 aromatic carbocycles. The Bertz CT molecular complexity index is 511. The van der Waals surface area contributed by atoms with E-state index >= 15 is 0 Å². The summed E-state index contributed by atoms with van der Waals surface area (Å²) in [6.07, 6.45) is 6.41. The zero-order chi connectivity index (χ0) is 15.2. The van der Waals surface area contributed by atoms with Crippen LogP contribution in [0.25, 0.3) is 0 Å². The maximum atomic E-state index is 12.0. The molecule has 1 fully saturated rings. The normalized spacial score (nSPS) is 17.7. The van der Waals surface area contributed by atoms with Crippen LogP contribution in [0.3, 0.4) is 0 Å². The summed E-state index contributed by atoms with van der Waals surface area (Å²) < 4.78 is 1.42. The standard InChI is InChI=1S/C15H25ClN4O/c1-3-7-20-15(21)14(16)13(11-18-20)17-10-12(2)19-8-5-4-6-9-19/h11-12,17H,3-10H2,1-2H3. The van der Waals surface area contributed by atoms with Crippen LogP contribution in [-0.2, 0) is 6.54 Å². The van der Waals surface area contributed by atoms with Crippen molar-refractivity contribution in [3.8, 4) is 0 Å². The second-order valence-corrected chi connectivity index (χ2v) is 6.11. The molecule has 1 aromatic heterocycles. The summed E-state index contributed by atoms with van der Waals surface area (Å²) in [6, 6.07) is 0.430. The van der Waals surface area contributed by atoms with Crippen molar-refractivity contribution in [2.75, 3.05) is 25.0 Å². The molecule has 0 spiro atoms. The van der Waals surface area contributed by atoms with E-state index in [1.54, 1.807) is 6.20 Å². The van der Waals surface area contributed by atoms with Gasteiger partial charge in [-0.05, 0) is 39.3 Å². The average Bonchev–Trinajstić information content (AvgIpc) is 2.52. The summed E-state index contributed by atoms with van der Waals surface area (Å²) in [4.78, 5) is 14.5. The monoisotopic (exact) mass is 312 g/mol. The Hall–Kier alpha value is -1.07. The summed E-state index contributed by atoms with van der Waals surface area (Å²) >= 11 is 6.15. The van der Waals surface area contributed by atoms with Gasteiger partial charge < -0.3 is 5.32 Å². The Kier molecular flexibility index (Phi) is 6.06. The molecule has 6 heteroatoms. The van der Waals surface area contributed by atoms with Gasteiger partial charge in [0, 0.05) is 19.1 Å². The highest BCUT2D eigenvalue weighted by molar-refractivity contribution is 6.32. The first kappa shape index (κ1) is 16.3. The summed E-state index contributed by atoms with van der Waals surface area (Å²) in [5.41, 5.74) is 0.423. The lowest BCUT2D eigenvalue weighted by Crippen LogP contribution is -2.41. The second-order valence-electron chi connectivity index (χ2n) is 5.73. The molecule has 1 saturated heterocycles. The quantitative estimate of drug-likeness (QED) is 0.877. The van der Waals surface area contributed by atoms with Crippen LogP contribution in [0.2, 0.25) is 5.02 Å². The van der Waals surface area contributed by atoms with Gasteiger partial charge in [-0.3, -0.25) is 9.69 Å². The van der Waals surface area contributed by atoms with Crippen LogP contribution in [-0.4, -0.2) is 40.4 Å². The predicted octanol–water partition coefficient (Wildman–Crippen LogP) is 2.59. The highest BCUT2D eigenvalue weighted by Crippen LogP contribution is 2.17. The van der Waals surface area contributed by atoms with E-state index in [-0.39, 0.29) is 10.6 Å². The lowest BCUT2D eigenvalue weighted by Gasteiger charge is -2.32. The fraction of sp³-hybridized carbons (Fsp3) is 0.733. The Morgan fingerprint density at radius 1 is 1.38 bits per heavy atom. The molecule has 5 nitrogen and oxygen atoms in total. The van der Waals surface area contributed by atoms with E-state index < -0.39 is 0 Å². The minimum Gasteiger partial charge on any atom is -0.381 e. The molecule has 118 valence electrons. The lowest BCUT2D eigenvalue weighted by atomic mass is 10.1. The summed E-state index contributed by atoms with van der Waals surface area (Å²) in [5.74, 6) is 0. The van der Waals surface area contributed by atoms with Crippen LogP contribution >= 0.6 is 11.6 Å². The second kappa shape index (κ2) is 7.80. The van der Waals surface area contributed by atoms with Gasteiger partial charge in [-0.1, -0.05) is 24.9 Å². The molecule has 0 aliphatic carbocycles. The molecule has 0 radical (unpaired) electrons. The van der Waals surface area contributed by atoms with Gasteiger partial charge in [0.15, 0.2) is 0 Å². The molecule has 0 saturated carbocycles. The van der Waals surface area contributed by atoms with Gasteiger partial charge in [-0.2, -0.15) is 5.10 Å². The van der Waals surface area contributed by atoms with Crippen molar-refractivity contribution in [1.29, 1.82) is 0 Å². The van der Waals surface area contributed by atoms with Gasteiger partial charge in [0.05, 0.1) is 11.9 Å². The van der Waals surface area contributed by atoms with Crippen LogP contribution in [0.15, 0.2) is 11.0 Å². The molecule has 1 aromatic rings. The molecule has 0 bridgehead atoms. The maximum Gasteiger partial charge on any atom is 0.287 e. The van der Waals surface area contributed by atoms with Crippen molar-refractivity contribution in [3.63, 3.8) is 0 Å². The van der Waals surface area contributed by atoms with E-state index in [1.807, 2.05) is 6.92 Å². The number of hydrogen-bond donors (Lipinski definition) is 1. The minimum atomic E-state index is -0.214. The minimum absolute atomic E-state index is 0.214. The van der Waals surface area contributed by atoms with Crippen molar-refractivity contribution >= 4 is 17.3 Å². The number of aryl methyl sites for hydroxylation is 1. The first-order valence-electron chi connectivity index (χ1n) is 7.87. The van der Waals surface area contributed by atoms with E-state index in [1.165, 1.54) is 23.9 Å². The maximum absolute atomic E-state index is 12.0. The molecular weight excluding hydrogens is 288 g/mol. The first-order valence-corrected chi connectivity index (χ1v) is 8.24. The first-order chi connectivity index (χ1) is 10.1. The lowest BCUT2D eigenvalue weighted by molar-refractivity contribution is 0.180. The number of nitrogens with zero attached hydrogens (tertiary/aromatic N) is 3. The van der Waals surface area contributed by atoms with E-state index in [2.05, 4.69) is 22.2 Å². The number of halogens is 1. The van der Waals surface area contributed by atoms with Crippen molar-refractivity contribution in [2.45, 2.75) is 52.1 Å². The van der Waals surface area contributed by atoms with E-state index in [0.29, 0.717) is 18.3 Å². The average molecular weight is 313 g/mol. The Balaban J connectivity index is 1.96. The summed E-state index contributed by atoms with van der Waals surface area (Å²) in [7, 11) is 0. The van der Waals surface area contributed by atoms with Crippen molar-refractivity contribution < 1.29 is 0 Å². The largest absolute Gasteiger partial charge is 0.381 e. The third-order valence-corrected chi connectivity index (χ3v) is 4.39. The summed E-state index contributed by atoms with van der Waals surface area (Å²) in [5, 5.41) is 7.67. The Morgan fingerprint density at radius 2 is 2.10 bits per heavy atom. The molecule has 0 amide bonds. The van der Waals surface area contributed by atoms with Crippen molar-refractivity contribution in [3.05, 3.63) is 21.6 Å². The van der Waals surface area contributed by atoms with Crippen molar-refractivity contribution in [2.24, 2.45) is 0 Å². The number of anilines is 1. The van der Waals surface area contributed by atoms with Crippen molar-refractivity contribution in [1.82, 2.24) is 14.7 Å². The predicted molar refractivity (Wildman–Crippen MR) is 87.2 cm³/mol. The van der Waals surface area contributed by atoms with Gasteiger partial charge in [-0.25, -0.2) is 4.68 Å². The SMILES string of the molecule is CCCn1ncc(NCC(C)N2CCCCC2)c(Cl)c1=O. The zero-order valence-corrected chi connectivity index (χ0v) is 13.7. The molecule has 1 unspecified atom stereocenters. The molecule has 1 aliphatic rings. The van der Waals surface area contributed by atoms with Gasteiger partial charge in [0.25, 0.3) is 5.56 Å². The Morgan fingerprint density at radius 3 is 2.76 bits per heavy atom. The number of aromatic nitrogens is 2. The van der Waals surface area contributed by atoms with Gasteiger partial charge in [0.1, 0.15) is 5.02 Å². The third-order valence-electron chi connectivity index (χ3n) is 4.02.